The van der Waals surface area contributed by atoms with E-state index in [2.05, 4.69) is 0 Å². The molecule has 0 aliphatic rings. The smallest absolute Gasteiger partial charge is 0.268 e. The van der Waals surface area contributed by atoms with E-state index in [1.807, 2.05) is 18.2 Å². The molecule has 1 heterocycles. The summed E-state index contributed by atoms with van der Waals surface area (Å²) in [7, 11) is 0. The number of carbonyl (C=O) groups is 2. The van der Waals surface area contributed by atoms with Gasteiger partial charge in [0.05, 0.1) is 0 Å². The minimum absolute atomic E-state index is 0.0788. The van der Waals surface area contributed by atoms with Gasteiger partial charge in [-0.1, -0.05) is 48.5 Å². The zero-order valence-corrected chi connectivity index (χ0v) is 10.00. The van der Waals surface area contributed by atoms with Gasteiger partial charge in [0.1, 0.15) is 5.58 Å². The summed E-state index contributed by atoms with van der Waals surface area (Å²) in [5.41, 5.74) is 0.972. The van der Waals surface area contributed by atoms with Gasteiger partial charge in [-0.2, -0.15) is 0 Å². The lowest BCUT2D eigenvalue weighted by Gasteiger charge is -1.96. The zero-order valence-electron chi connectivity index (χ0n) is 10.00. The highest BCUT2D eigenvalue weighted by Crippen LogP contribution is 2.20. The van der Waals surface area contributed by atoms with Crippen LogP contribution in [0.1, 0.15) is 20.9 Å². The van der Waals surface area contributed by atoms with Crippen molar-refractivity contribution in [3.05, 3.63) is 72.0 Å². The molecule has 0 N–H and O–H groups in total. The van der Waals surface area contributed by atoms with E-state index in [0.717, 1.165) is 5.39 Å². The lowest BCUT2D eigenvalue weighted by Crippen LogP contribution is -2.13. The number of hydrogen-bond donors (Lipinski definition) is 0. The molecule has 0 unspecified atom stereocenters. The Hall–Kier alpha value is -2.68. The van der Waals surface area contributed by atoms with E-state index in [1.54, 1.807) is 42.5 Å². The van der Waals surface area contributed by atoms with Gasteiger partial charge in [-0.3, -0.25) is 9.59 Å². The molecule has 0 aliphatic carbocycles. The summed E-state index contributed by atoms with van der Waals surface area (Å²) in [6.07, 6.45) is 0. The molecular formula is C16H10O3. The number of ketones is 2. The molecule has 92 valence electrons. The summed E-state index contributed by atoms with van der Waals surface area (Å²) in [6, 6.07) is 17.3. The van der Waals surface area contributed by atoms with Crippen LogP contribution >= 0.6 is 0 Å². The zero-order chi connectivity index (χ0) is 13.2. The van der Waals surface area contributed by atoms with Gasteiger partial charge in [0.15, 0.2) is 5.76 Å². The maximum Gasteiger partial charge on any atom is 0.268 e. The molecule has 0 aliphatic heterocycles. The molecule has 3 heteroatoms. The lowest BCUT2D eigenvalue weighted by molar-refractivity contribution is 0.0802. The fourth-order valence-corrected chi connectivity index (χ4v) is 1.93. The number of Topliss-reactive ketones (excluding diaryl/α,β-unsaturated/α-hetero) is 2. The standard InChI is InChI=1S/C16H10O3/c17-15(11-6-2-1-3-7-11)16(18)14-10-12-8-4-5-9-13(12)19-14/h1-10H. The van der Waals surface area contributed by atoms with Gasteiger partial charge in [-0.05, 0) is 12.1 Å². The van der Waals surface area contributed by atoms with Crippen LogP contribution in [0.2, 0.25) is 0 Å². The third-order valence-corrected chi connectivity index (χ3v) is 2.89. The van der Waals surface area contributed by atoms with Crippen molar-refractivity contribution in [2.24, 2.45) is 0 Å². The van der Waals surface area contributed by atoms with Gasteiger partial charge in [0, 0.05) is 10.9 Å². The van der Waals surface area contributed by atoms with Gasteiger partial charge < -0.3 is 4.42 Å². The number of benzene rings is 2. The topological polar surface area (TPSA) is 47.3 Å². The van der Waals surface area contributed by atoms with Gasteiger partial charge in [0.2, 0.25) is 5.78 Å². The Morgan fingerprint density at radius 2 is 1.47 bits per heavy atom. The summed E-state index contributed by atoms with van der Waals surface area (Å²) >= 11 is 0. The average molecular weight is 250 g/mol. The molecule has 0 bridgehead atoms. The van der Waals surface area contributed by atoms with E-state index >= 15 is 0 Å². The lowest BCUT2D eigenvalue weighted by atomic mass is 10.1. The van der Waals surface area contributed by atoms with Crippen LogP contribution in [0.4, 0.5) is 0 Å². The molecule has 0 fully saturated rings. The first-order chi connectivity index (χ1) is 9.25. The van der Waals surface area contributed by atoms with Gasteiger partial charge >= 0.3 is 0 Å². The number of hydrogen-bond acceptors (Lipinski definition) is 3. The van der Waals surface area contributed by atoms with E-state index in [1.165, 1.54) is 0 Å². The minimum atomic E-state index is -0.623. The van der Waals surface area contributed by atoms with Gasteiger partial charge in [-0.15, -0.1) is 0 Å². The number of furan rings is 1. The van der Waals surface area contributed by atoms with Crippen molar-refractivity contribution in [1.82, 2.24) is 0 Å². The van der Waals surface area contributed by atoms with Crippen molar-refractivity contribution >= 4 is 22.5 Å². The molecular weight excluding hydrogens is 240 g/mol. The van der Waals surface area contributed by atoms with E-state index in [9.17, 15) is 9.59 Å². The van der Waals surface area contributed by atoms with Crippen molar-refractivity contribution in [3.63, 3.8) is 0 Å². The van der Waals surface area contributed by atoms with Crippen LogP contribution in [0, 0.1) is 0 Å². The quantitative estimate of drug-likeness (QED) is 0.528. The Morgan fingerprint density at radius 1 is 0.789 bits per heavy atom. The van der Waals surface area contributed by atoms with E-state index in [4.69, 9.17) is 4.42 Å². The monoisotopic (exact) mass is 250 g/mol. The van der Waals surface area contributed by atoms with Crippen LogP contribution in [0.15, 0.2) is 65.1 Å². The van der Waals surface area contributed by atoms with E-state index < -0.39 is 11.6 Å². The van der Waals surface area contributed by atoms with Crippen molar-refractivity contribution in [3.8, 4) is 0 Å². The second-order valence-corrected chi connectivity index (χ2v) is 4.17. The Kier molecular flexibility index (Phi) is 2.72. The summed E-state index contributed by atoms with van der Waals surface area (Å²) in [4.78, 5) is 24.1. The maximum absolute atomic E-state index is 12.1. The Labute approximate surface area is 109 Å². The molecule has 0 spiro atoms. The van der Waals surface area contributed by atoms with Crippen molar-refractivity contribution in [2.75, 3.05) is 0 Å². The molecule has 3 aromatic rings. The summed E-state index contributed by atoms with van der Waals surface area (Å²) < 4.78 is 5.40. The molecule has 1 aromatic heterocycles. The molecule has 2 aromatic carbocycles. The fraction of sp³-hybridized carbons (Fsp3) is 0. The number of rotatable bonds is 3. The summed E-state index contributed by atoms with van der Waals surface area (Å²) in [5.74, 6) is -1.10. The maximum atomic E-state index is 12.1. The molecule has 0 saturated carbocycles. The third kappa shape index (κ3) is 2.06. The molecule has 0 amide bonds. The van der Waals surface area contributed by atoms with Crippen LogP contribution in [0.5, 0.6) is 0 Å². The van der Waals surface area contributed by atoms with Crippen molar-refractivity contribution in [2.45, 2.75) is 0 Å². The normalized spacial score (nSPS) is 10.5. The molecule has 0 radical (unpaired) electrons. The predicted octanol–water partition coefficient (Wildman–Crippen LogP) is 3.50. The molecule has 0 atom stereocenters. The first kappa shape index (κ1) is 11.4. The SMILES string of the molecule is O=C(C(=O)c1cc2ccccc2o1)c1ccccc1. The van der Waals surface area contributed by atoms with Crippen LogP contribution in [-0.2, 0) is 0 Å². The predicted molar refractivity (Wildman–Crippen MR) is 71.3 cm³/mol. The Morgan fingerprint density at radius 3 is 2.21 bits per heavy atom. The first-order valence-corrected chi connectivity index (χ1v) is 5.88. The largest absolute Gasteiger partial charge is 0.452 e. The van der Waals surface area contributed by atoms with Crippen molar-refractivity contribution in [1.29, 1.82) is 0 Å². The van der Waals surface area contributed by atoms with Crippen LogP contribution in [-0.4, -0.2) is 11.6 Å². The van der Waals surface area contributed by atoms with Gasteiger partial charge in [0.25, 0.3) is 5.78 Å². The van der Waals surface area contributed by atoms with E-state index in [-0.39, 0.29) is 5.76 Å². The highest BCUT2D eigenvalue weighted by atomic mass is 16.3. The van der Waals surface area contributed by atoms with E-state index in [0.29, 0.717) is 11.1 Å². The molecule has 0 saturated heterocycles. The number of carbonyl (C=O) groups excluding carboxylic acids is 2. The fourth-order valence-electron chi connectivity index (χ4n) is 1.93. The minimum Gasteiger partial charge on any atom is -0.452 e. The van der Waals surface area contributed by atoms with Crippen LogP contribution < -0.4 is 0 Å². The second kappa shape index (κ2) is 4.53. The Bertz CT molecular complexity index is 721. The van der Waals surface area contributed by atoms with Crippen LogP contribution in [0.25, 0.3) is 11.0 Å². The summed E-state index contributed by atoms with van der Waals surface area (Å²) in [5, 5.41) is 0.812. The average Bonchev–Trinajstić information content (AvgIpc) is 2.90. The summed E-state index contributed by atoms with van der Waals surface area (Å²) in [6.45, 7) is 0. The second-order valence-electron chi connectivity index (χ2n) is 4.17. The number of para-hydroxylation sites is 1. The van der Waals surface area contributed by atoms with Gasteiger partial charge in [-0.25, -0.2) is 0 Å². The number of fused-ring (bicyclic) bond motifs is 1. The Balaban J connectivity index is 1.98. The molecule has 3 nitrogen and oxygen atoms in total. The highest BCUT2D eigenvalue weighted by molar-refractivity contribution is 6.48. The molecule has 3 rings (SSSR count). The first-order valence-electron chi connectivity index (χ1n) is 5.88. The molecule has 19 heavy (non-hydrogen) atoms. The van der Waals surface area contributed by atoms with Crippen LogP contribution in [0.3, 0.4) is 0 Å². The highest BCUT2D eigenvalue weighted by Gasteiger charge is 2.21. The van der Waals surface area contributed by atoms with Crippen molar-refractivity contribution < 1.29 is 14.0 Å². The third-order valence-electron chi connectivity index (χ3n) is 2.89.